The molecule has 1 amide bonds. The summed E-state index contributed by atoms with van der Waals surface area (Å²) in [6.07, 6.45) is -0.967. The van der Waals surface area contributed by atoms with Crippen molar-refractivity contribution < 1.29 is 23.5 Å². The third-order valence-corrected chi connectivity index (χ3v) is 5.18. The highest BCUT2D eigenvalue weighted by Crippen LogP contribution is 2.36. The van der Waals surface area contributed by atoms with Crippen molar-refractivity contribution in [2.24, 2.45) is 0 Å². The molecule has 0 fully saturated rings. The van der Waals surface area contributed by atoms with Crippen LogP contribution in [0.3, 0.4) is 0 Å². The number of carbonyl (C=O) groups is 2. The molecule has 4 rings (SSSR count). The van der Waals surface area contributed by atoms with Crippen LogP contribution in [0.1, 0.15) is 16.6 Å². The van der Waals surface area contributed by atoms with Crippen molar-refractivity contribution in [2.45, 2.75) is 13.0 Å². The number of nitrogens with one attached hydrogen (secondary N) is 1. The van der Waals surface area contributed by atoms with E-state index in [2.05, 4.69) is 5.32 Å². The average Bonchev–Trinajstić information content (AvgIpc) is 3.35. The topological polar surface area (TPSA) is 77.8 Å². The number of methoxy groups -OCH3 is 1. The van der Waals surface area contributed by atoms with Crippen molar-refractivity contribution in [3.8, 4) is 5.75 Å². The molecule has 1 N–H and O–H groups in total. The molecule has 1 atom stereocenters. The third-order valence-electron chi connectivity index (χ3n) is 4.33. The lowest BCUT2D eigenvalue weighted by Gasteiger charge is -2.15. The molecule has 0 bridgehead atoms. The maximum atomic E-state index is 12.5. The summed E-state index contributed by atoms with van der Waals surface area (Å²) >= 11 is 1.26. The molecule has 6 nitrogen and oxygen atoms in total. The first kappa shape index (κ1) is 18.1. The lowest BCUT2D eigenvalue weighted by molar-refractivity contribution is -0.123. The maximum Gasteiger partial charge on any atom is 0.349 e. The van der Waals surface area contributed by atoms with Crippen molar-refractivity contribution in [2.75, 3.05) is 12.4 Å². The summed E-state index contributed by atoms with van der Waals surface area (Å²) in [7, 11) is 1.53. The summed E-state index contributed by atoms with van der Waals surface area (Å²) in [4.78, 5) is 25.0. The van der Waals surface area contributed by atoms with Crippen LogP contribution in [0.5, 0.6) is 5.75 Å². The molecule has 0 saturated carbocycles. The minimum absolute atomic E-state index is 0.443. The smallest absolute Gasteiger partial charge is 0.349 e. The van der Waals surface area contributed by atoms with Crippen molar-refractivity contribution in [1.29, 1.82) is 0 Å². The van der Waals surface area contributed by atoms with Crippen molar-refractivity contribution in [3.05, 3.63) is 58.8 Å². The van der Waals surface area contributed by atoms with E-state index in [4.69, 9.17) is 13.9 Å². The van der Waals surface area contributed by atoms with E-state index in [1.165, 1.54) is 25.4 Å². The Morgan fingerprint density at radius 1 is 1.07 bits per heavy atom. The Hall–Kier alpha value is -3.32. The molecular weight excluding hydrogens is 378 g/mol. The van der Waals surface area contributed by atoms with E-state index >= 15 is 0 Å². The standard InChI is InChI=1S/C21H17NO5S/c1-12(26-21(24)19-8-5-9-28-19)20(23)22-15-11-17-14(10-18(15)25-2)13-6-3-4-7-16(13)27-17/h3-12H,1-2H3,(H,22,23)/t12-/m0/s1. The maximum absolute atomic E-state index is 12.5. The normalized spacial score (nSPS) is 12.1. The fourth-order valence-corrected chi connectivity index (χ4v) is 3.52. The fourth-order valence-electron chi connectivity index (χ4n) is 2.92. The van der Waals surface area contributed by atoms with Crippen LogP contribution in [0.4, 0.5) is 5.69 Å². The molecule has 0 aliphatic carbocycles. The number of hydrogen-bond acceptors (Lipinski definition) is 6. The zero-order valence-electron chi connectivity index (χ0n) is 15.2. The Balaban J connectivity index is 1.58. The van der Waals surface area contributed by atoms with Gasteiger partial charge in [-0.2, -0.15) is 0 Å². The molecule has 7 heteroatoms. The number of furan rings is 1. The van der Waals surface area contributed by atoms with Gasteiger partial charge in [-0.05, 0) is 30.5 Å². The van der Waals surface area contributed by atoms with E-state index < -0.39 is 18.0 Å². The van der Waals surface area contributed by atoms with Gasteiger partial charge in [0.25, 0.3) is 5.91 Å². The molecule has 0 aliphatic heterocycles. The molecule has 28 heavy (non-hydrogen) atoms. The van der Waals surface area contributed by atoms with Crippen LogP contribution in [-0.2, 0) is 9.53 Å². The fraction of sp³-hybridized carbons (Fsp3) is 0.143. The quantitative estimate of drug-likeness (QED) is 0.489. The highest BCUT2D eigenvalue weighted by atomic mass is 32.1. The number of anilines is 1. The van der Waals surface area contributed by atoms with Gasteiger partial charge in [0.2, 0.25) is 0 Å². The second-order valence-electron chi connectivity index (χ2n) is 6.16. The summed E-state index contributed by atoms with van der Waals surface area (Å²) < 4.78 is 16.5. The molecule has 0 radical (unpaired) electrons. The first-order valence-corrected chi connectivity index (χ1v) is 9.49. The molecule has 142 valence electrons. The van der Waals surface area contributed by atoms with E-state index in [1.807, 2.05) is 30.3 Å². The molecule has 2 aromatic heterocycles. The van der Waals surface area contributed by atoms with Crippen LogP contribution >= 0.6 is 11.3 Å². The number of hydrogen-bond donors (Lipinski definition) is 1. The second kappa shape index (κ2) is 7.36. The zero-order valence-corrected chi connectivity index (χ0v) is 16.0. The molecule has 0 unspecified atom stereocenters. The summed E-state index contributed by atoms with van der Waals surface area (Å²) in [5.41, 5.74) is 1.82. The predicted octanol–water partition coefficient (Wildman–Crippen LogP) is 4.84. The van der Waals surface area contributed by atoms with E-state index in [9.17, 15) is 9.59 Å². The molecule has 0 aliphatic rings. The number of ether oxygens (including phenoxy) is 2. The van der Waals surface area contributed by atoms with Crippen LogP contribution in [0.15, 0.2) is 58.3 Å². The molecule has 4 aromatic rings. The van der Waals surface area contributed by atoms with Gasteiger partial charge in [0.15, 0.2) is 6.10 Å². The van der Waals surface area contributed by atoms with Gasteiger partial charge in [-0.15, -0.1) is 11.3 Å². The Morgan fingerprint density at radius 3 is 2.64 bits per heavy atom. The van der Waals surface area contributed by atoms with E-state index in [-0.39, 0.29) is 0 Å². The van der Waals surface area contributed by atoms with Crippen LogP contribution < -0.4 is 10.1 Å². The summed E-state index contributed by atoms with van der Waals surface area (Å²) in [5, 5.41) is 6.38. The molecule has 0 spiro atoms. The number of amides is 1. The number of thiophene rings is 1. The first-order chi connectivity index (χ1) is 13.6. The SMILES string of the molecule is COc1cc2c(cc1NC(=O)[C@H](C)OC(=O)c1cccs1)oc1ccccc12. The molecule has 0 saturated heterocycles. The minimum Gasteiger partial charge on any atom is -0.495 e. The lowest BCUT2D eigenvalue weighted by Crippen LogP contribution is -2.29. The van der Waals surface area contributed by atoms with Gasteiger partial charge in [0.05, 0.1) is 12.8 Å². The van der Waals surface area contributed by atoms with Crippen LogP contribution in [0.2, 0.25) is 0 Å². The number of rotatable bonds is 5. The summed E-state index contributed by atoms with van der Waals surface area (Å²) in [5.74, 6) is -0.500. The minimum atomic E-state index is -0.967. The Kier molecular flexibility index (Phi) is 4.75. The Bertz CT molecular complexity index is 1160. The van der Waals surface area contributed by atoms with Gasteiger partial charge < -0.3 is 19.2 Å². The summed E-state index contributed by atoms with van der Waals surface area (Å²) in [6, 6.07) is 14.6. The Morgan fingerprint density at radius 2 is 1.89 bits per heavy atom. The predicted molar refractivity (Wildman–Crippen MR) is 108 cm³/mol. The number of carbonyl (C=O) groups excluding carboxylic acids is 2. The van der Waals surface area contributed by atoms with Gasteiger partial charge in [-0.1, -0.05) is 24.3 Å². The zero-order chi connectivity index (χ0) is 19.7. The van der Waals surface area contributed by atoms with Gasteiger partial charge >= 0.3 is 5.97 Å². The van der Waals surface area contributed by atoms with E-state index in [0.29, 0.717) is 21.9 Å². The number of esters is 1. The molecular formula is C21H17NO5S. The van der Waals surface area contributed by atoms with Crippen LogP contribution in [0.25, 0.3) is 21.9 Å². The van der Waals surface area contributed by atoms with E-state index in [1.54, 1.807) is 23.6 Å². The van der Waals surface area contributed by atoms with Crippen LogP contribution in [0, 0.1) is 0 Å². The monoisotopic (exact) mass is 395 g/mol. The van der Waals surface area contributed by atoms with E-state index in [0.717, 1.165) is 16.4 Å². The highest BCUT2D eigenvalue weighted by molar-refractivity contribution is 7.11. The second-order valence-corrected chi connectivity index (χ2v) is 7.11. The number of fused-ring (bicyclic) bond motifs is 3. The van der Waals surface area contributed by atoms with Crippen molar-refractivity contribution in [3.63, 3.8) is 0 Å². The largest absolute Gasteiger partial charge is 0.495 e. The first-order valence-electron chi connectivity index (χ1n) is 8.61. The van der Waals surface area contributed by atoms with Gasteiger partial charge in [0, 0.05) is 16.8 Å². The molecule has 2 aromatic carbocycles. The number of para-hydroxylation sites is 1. The Labute approximate surface area is 164 Å². The average molecular weight is 395 g/mol. The number of benzene rings is 2. The van der Waals surface area contributed by atoms with Gasteiger partial charge in [-0.3, -0.25) is 4.79 Å². The lowest BCUT2D eigenvalue weighted by atomic mass is 10.1. The molecule has 2 heterocycles. The van der Waals surface area contributed by atoms with Gasteiger partial charge in [0.1, 0.15) is 21.8 Å². The summed E-state index contributed by atoms with van der Waals surface area (Å²) in [6.45, 7) is 1.52. The van der Waals surface area contributed by atoms with Crippen molar-refractivity contribution >= 4 is 50.8 Å². The third kappa shape index (κ3) is 3.32. The van der Waals surface area contributed by atoms with Crippen LogP contribution in [-0.4, -0.2) is 25.1 Å². The highest BCUT2D eigenvalue weighted by Gasteiger charge is 2.21. The van der Waals surface area contributed by atoms with Gasteiger partial charge in [-0.25, -0.2) is 4.79 Å². The van der Waals surface area contributed by atoms with Crippen molar-refractivity contribution in [1.82, 2.24) is 0 Å².